The van der Waals surface area contributed by atoms with Crippen molar-refractivity contribution >= 4 is 23.4 Å². The van der Waals surface area contributed by atoms with Crippen LogP contribution in [0.5, 0.6) is 0 Å². The number of H-pyrrole nitrogens is 1. The Bertz CT molecular complexity index is 707. The van der Waals surface area contributed by atoms with Gasteiger partial charge in [-0.2, -0.15) is 0 Å². The largest absolute Gasteiger partial charge is 0.453 e. The number of rotatable bonds is 3. The molecule has 0 atom stereocenters. The molecule has 21 heavy (non-hydrogen) atoms. The van der Waals surface area contributed by atoms with Crippen LogP contribution in [0.1, 0.15) is 10.4 Å². The molecule has 0 aliphatic rings. The molecule has 108 valence electrons. The van der Waals surface area contributed by atoms with Gasteiger partial charge in [0.25, 0.3) is 5.91 Å². The highest BCUT2D eigenvalue weighted by molar-refractivity contribution is 6.04. The van der Waals surface area contributed by atoms with Gasteiger partial charge in [0, 0.05) is 29.8 Å². The molecule has 0 radical (unpaired) electrons. The summed E-state index contributed by atoms with van der Waals surface area (Å²) in [6.45, 7) is 0. The van der Waals surface area contributed by atoms with E-state index in [1.807, 2.05) is 0 Å². The number of ether oxygens (including phenoxy) is 1. The summed E-state index contributed by atoms with van der Waals surface area (Å²) >= 11 is 0. The first-order valence-electron chi connectivity index (χ1n) is 6.03. The van der Waals surface area contributed by atoms with Crippen LogP contribution in [0.2, 0.25) is 0 Å². The molecule has 7 heteroatoms. The molecule has 0 bridgehead atoms. The number of benzene rings is 1. The number of carbonyl (C=O) groups is 2. The van der Waals surface area contributed by atoms with E-state index in [-0.39, 0.29) is 11.0 Å². The van der Waals surface area contributed by atoms with Crippen LogP contribution in [-0.4, -0.2) is 24.1 Å². The molecule has 0 saturated heterocycles. The molecule has 3 N–H and O–H groups in total. The number of hydrogen-bond donors (Lipinski definition) is 3. The molecule has 1 heterocycles. The third kappa shape index (κ3) is 3.69. The molecule has 1 aromatic heterocycles. The highest BCUT2D eigenvalue weighted by Gasteiger charge is 2.09. The monoisotopic (exact) mass is 287 g/mol. The van der Waals surface area contributed by atoms with Gasteiger partial charge in [-0.3, -0.25) is 14.9 Å². The Morgan fingerprint density at radius 2 is 1.67 bits per heavy atom. The summed E-state index contributed by atoms with van der Waals surface area (Å²) in [5.74, 6) is -0.509. The minimum Gasteiger partial charge on any atom is -0.453 e. The number of aromatic amines is 1. The first kappa shape index (κ1) is 14.3. The molecule has 2 rings (SSSR count). The van der Waals surface area contributed by atoms with E-state index in [1.54, 1.807) is 24.3 Å². The Balaban J connectivity index is 2.07. The van der Waals surface area contributed by atoms with E-state index in [1.165, 1.54) is 25.6 Å². The van der Waals surface area contributed by atoms with Crippen molar-refractivity contribution in [3.63, 3.8) is 0 Å². The molecule has 7 nitrogen and oxygen atoms in total. The van der Waals surface area contributed by atoms with Crippen molar-refractivity contribution in [2.75, 3.05) is 17.7 Å². The predicted octanol–water partition coefficient (Wildman–Crippen LogP) is 1.81. The van der Waals surface area contributed by atoms with Gasteiger partial charge >= 0.3 is 6.09 Å². The summed E-state index contributed by atoms with van der Waals surface area (Å²) in [5, 5.41) is 5.07. The Morgan fingerprint density at radius 1 is 1.05 bits per heavy atom. The normalized spacial score (nSPS) is 9.76. The lowest BCUT2D eigenvalue weighted by molar-refractivity contribution is 0.102. The fourth-order valence-corrected chi connectivity index (χ4v) is 1.60. The molecule has 0 unspecified atom stereocenters. The second-order valence-electron chi connectivity index (χ2n) is 4.07. The van der Waals surface area contributed by atoms with Gasteiger partial charge in [0.05, 0.1) is 7.11 Å². The molecule has 2 aromatic rings. The maximum Gasteiger partial charge on any atom is 0.411 e. The standard InChI is InChI=1S/C14H13N3O4/c1-21-14(20)17-10-4-2-9(3-5-10)16-13(19)11-8-15-7-6-12(11)18/h2-8H,1H3,(H,15,18)(H,16,19)(H,17,20). The quantitative estimate of drug-likeness (QED) is 0.801. The van der Waals surface area contributed by atoms with Gasteiger partial charge in [0.15, 0.2) is 5.43 Å². The maximum atomic E-state index is 11.9. The third-order valence-corrected chi connectivity index (χ3v) is 2.64. The molecule has 0 aliphatic heterocycles. The number of hydrogen-bond acceptors (Lipinski definition) is 4. The van der Waals surface area contributed by atoms with Gasteiger partial charge in [-0.1, -0.05) is 0 Å². The summed E-state index contributed by atoms with van der Waals surface area (Å²) in [4.78, 5) is 37.1. The van der Waals surface area contributed by atoms with E-state index in [0.717, 1.165) is 0 Å². The van der Waals surface area contributed by atoms with Crippen LogP contribution in [-0.2, 0) is 4.74 Å². The van der Waals surface area contributed by atoms with Crippen LogP contribution in [0.25, 0.3) is 0 Å². The third-order valence-electron chi connectivity index (χ3n) is 2.64. The minimum atomic E-state index is -0.581. The average Bonchev–Trinajstić information content (AvgIpc) is 2.49. The van der Waals surface area contributed by atoms with Crippen LogP contribution < -0.4 is 16.1 Å². The van der Waals surface area contributed by atoms with Crippen molar-refractivity contribution in [1.29, 1.82) is 0 Å². The summed E-state index contributed by atoms with van der Waals surface area (Å²) in [6, 6.07) is 7.67. The summed E-state index contributed by atoms with van der Waals surface area (Å²) < 4.78 is 4.46. The Labute approximate surface area is 120 Å². The van der Waals surface area contributed by atoms with Crippen LogP contribution in [0.15, 0.2) is 47.5 Å². The number of amides is 2. The molecule has 2 amide bonds. The van der Waals surface area contributed by atoms with E-state index in [4.69, 9.17) is 0 Å². The van der Waals surface area contributed by atoms with Gasteiger partial charge in [-0.05, 0) is 24.3 Å². The maximum absolute atomic E-state index is 11.9. The van der Waals surface area contributed by atoms with E-state index >= 15 is 0 Å². The smallest absolute Gasteiger partial charge is 0.411 e. The van der Waals surface area contributed by atoms with Gasteiger partial charge in [-0.25, -0.2) is 4.79 Å². The van der Waals surface area contributed by atoms with Crippen LogP contribution >= 0.6 is 0 Å². The summed E-state index contributed by atoms with van der Waals surface area (Å²) in [7, 11) is 1.27. The molecule has 0 spiro atoms. The van der Waals surface area contributed by atoms with E-state index in [0.29, 0.717) is 11.4 Å². The first-order valence-corrected chi connectivity index (χ1v) is 6.03. The fraction of sp³-hybridized carbons (Fsp3) is 0.0714. The first-order chi connectivity index (χ1) is 10.1. The zero-order valence-corrected chi connectivity index (χ0v) is 11.2. The second-order valence-corrected chi connectivity index (χ2v) is 4.07. The highest BCUT2D eigenvalue weighted by Crippen LogP contribution is 2.14. The number of aromatic nitrogens is 1. The number of pyridine rings is 1. The zero-order valence-electron chi connectivity index (χ0n) is 11.2. The van der Waals surface area contributed by atoms with Gasteiger partial charge in [-0.15, -0.1) is 0 Å². The van der Waals surface area contributed by atoms with Crippen LogP contribution in [0.4, 0.5) is 16.2 Å². The van der Waals surface area contributed by atoms with Crippen LogP contribution in [0, 0.1) is 0 Å². The fourth-order valence-electron chi connectivity index (χ4n) is 1.60. The van der Waals surface area contributed by atoms with Gasteiger partial charge < -0.3 is 15.0 Å². The zero-order chi connectivity index (χ0) is 15.2. The molecular formula is C14H13N3O4. The van der Waals surface area contributed by atoms with E-state index < -0.39 is 12.0 Å². The Morgan fingerprint density at radius 3 is 2.24 bits per heavy atom. The molecular weight excluding hydrogens is 274 g/mol. The minimum absolute atomic E-state index is 0.0225. The van der Waals surface area contributed by atoms with Crippen molar-refractivity contribution in [1.82, 2.24) is 4.98 Å². The average molecular weight is 287 g/mol. The molecule has 0 aliphatic carbocycles. The van der Waals surface area contributed by atoms with Crippen LogP contribution in [0.3, 0.4) is 0 Å². The van der Waals surface area contributed by atoms with E-state index in [9.17, 15) is 14.4 Å². The number of anilines is 2. The number of methoxy groups -OCH3 is 1. The van der Waals surface area contributed by atoms with Crippen molar-refractivity contribution in [2.45, 2.75) is 0 Å². The SMILES string of the molecule is COC(=O)Nc1ccc(NC(=O)c2c[nH]ccc2=O)cc1. The predicted molar refractivity (Wildman–Crippen MR) is 77.5 cm³/mol. The van der Waals surface area contributed by atoms with E-state index in [2.05, 4.69) is 20.4 Å². The van der Waals surface area contributed by atoms with Crippen molar-refractivity contribution in [3.05, 3.63) is 58.5 Å². The lowest BCUT2D eigenvalue weighted by atomic mass is 10.2. The molecule has 0 saturated carbocycles. The van der Waals surface area contributed by atoms with Crippen molar-refractivity contribution < 1.29 is 14.3 Å². The highest BCUT2D eigenvalue weighted by atomic mass is 16.5. The number of carbonyl (C=O) groups excluding carboxylic acids is 2. The van der Waals surface area contributed by atoms with Crippen molar-refractivity contribution in [3.8, 4) is 0 Å². The Hall–Kier alpha value is -3.09. The number of nitrogens with one attached hydrogen (secondary N) is 3. The van der Waals surface area contributed by atoms with Crippen molar-refractivity contribution in [2.24, 2.45) is 0 Å². The molecule has 0 fully saturated rings. The van der Waals surface area contributed by atoms with Gasteiger partial charge in [0.1, 0.15) is 5.56 Å². The Kier molecular flexibility index (Phi) is 4.35. The lowest BCUT2D eigenvalue weighted by Crippen LogP contribution is -2.20. The second kappa shape index (κ2) is 6.38. The molecule has 1 aromatic carbocycles. The van der Waals surface area contributed by atoms with Gasteiger partial charge in [0.2, 0.25) is 0 Å². The topological polar surface area (TPSA) is 100 Å². The summed E-state index contributed by atoms with van der Waals surface area (Å²) in [5.41, 5.74) is 0.681. The lowest BCUT2D eigenvalue weighted by Gasteiger charge is -2.07. The summed E-state index contributed by atoms with van der Waals surface area (Å²) in [6.07, 6.45) is 2.21.